The molecule has 0 spiro atoms. The van der Waals surface area contributed by atoms with Crippen LogP contribution in [0.1, 0.15) is 277 Å². The molecule has 0 aromatic rings. The monoisotopic (exact) mass is 936 g/mol. The molecule has 390 valence electrons. The van der Waals surface area contributed by atoms with Crippen LogP contribution in [0, 0.1) is 0 Å². The second kappa shape index (κ2) is 47.4. The van der Waals surface area contributed by atoms with Gasteiger partial charge in [0, 0.05) is 6.42 Å². The number of carbonyl (C=O) groups is 1. The van der Waals surface area contributed by atoms with Crippen molar-refractivity contribution in [1.29, 1.82) is 0 Å². The molecule has 1 heterocycles. The van der Waals surface area contributed by atoms with Crippen LogP contribution in [0.5, 0.6) is 0 Å². The molecule has 0 saturated carbocycles. The van der Waals surface area contributed by atoms with Crippen LogP contribution in [0.2, 0.25) is 0 Å². The molecule has 66 heavy (non-hydrogen) atoms. The van der Waals surface area contributed by atoms with E-state index in [1.165, 1.54) is 218 Å². The van der Waals surface area contributed by atoms with Crippen LogP contribution < -0.4 is 5.32 Å². The van der Waals surface area contributed by atoms with Gasteiger partial charge in [0.2, 0.25) is 5.91 Å². The third kappa shape index (κ3) is 36.6. The van der Waals surface area contributed by atoms with Gasteiger partial charge in [-0.1, -0.05) is 263 Å². The smallest absolute Gasteiger partial charge is 0.220 e. The molecule has 1 amide bonds. The summed E-state index contributed by atoms with van der Waals surface area (Å²) >= 11 is 0. The third-order valence-corrected chi connectivity index (χ3v) is 13.8. The fraction of sp³-hybridized carbons (Fsp3) is 0.912. The Morgan fingerprint density at radius 2 is 0.864 bits per heavy atom. The third-order valence-electron chi connectivity index (χ3n) is 13.8. The Labute approximate surface area is 407 Å². The van der Waals surface area contributed by atoms with Crippen molar-refractivity contribution < 1.29 is 39.8 Å². The first-order chi connectivity index (χ1) is 32.3. The van der Waals surface area contributed by atoms with Crippen molar-refractivity contribution in [1.82, 2.24) is 5.32 Å². The minimum atomic E-state index is -1.57. The van der Waals surface area contributed by atoms with Crippen molar-refractivity contribution in [2.75, 3.05) is 13.2 Å². The van der Waals surface area contributed by atoms with Gasteiger partial charge in [-0.05, 0) is 32.1 Å². The Balaban J connectivity index is 2.21. The highest BCUT2D eigenvalue weighted by atomic mass is 16.7. The highest BCUT2D eigenvalue weighted by Gasteiger charge is 2.44. The summed E-state index contributed by atoms with van der Waals surface area (Å²) in [6.07, 6.45) is 52.5. The van der Waals surface area contributed by atoms with Gasteiger partial charge >= 0.3 is 0 Å². The molecule has 1 fully saturated rings. The predicted molar refractivity (Wildman–Crippen MR) is 277 cm³/mol. The molecule has 7 unspecified atom stereocenters. The number of rotatable bonds is 49. The molecule has 9 nitrogen and oxygen atoms in total. The zero-order chi connectivity index (χ0) is 48.0. The van der Waals surface area contributed by atoms with E-state index in [4.69, 9.17) is 9.47 Å². The first-order valence-electron chi connectivity index (χ1n) is 28.6. The van der Waals surface area contributed by atoms with Crippen LogP contribution in [0.3, 0.4) is 0 Å². The average molecular weight is 936 g/mol. The molecule has 0 radical (unpaired) electrons. The molecule has 0 aromatic carbocycles. The van der Waals surface area contributed by atoms with Crippen LogP contribution in [-0.4, -0.2) is 87.5 Å². The van der Waals surface area contributed by atoms with Crippen molar-refractivity contribution in [2.45, 2.75) is 320 Å². The molecule has 0 aromatic heterocycles. The van der Waals surface area contributed by atoms with Gasteiger partial charge in [-0.2, -0.15) is 0 Å². The van der Waals surface area contributed by atoms with E-state index in [9.17, 15) is 30.3 Å². The van der Waals surface area contributed by atoms with Crippen LogP contribution >= 0.6 is 0 Å². The van der Waals surface area contributed by atoms with E-state index in [1.807, 2.05) is 6.08 Å². The summed E-state index contributed by atoms with van der Waals surface area (Å²) in [5.41, 5.74) is 0. The largest absolute Gasteiger partial charge is 0.394 e. The Morgan fingerprint density at radius 1 is 0.500 bits per heavy atom. The number of nitrogens with one attached hydrogen (secondary N) is 1. The minimum Gasteiger partial charge on any atom is -0.394 e. The Hall–Kier alpha value is -1.33. The van der Waals surface area contributed by atoms with E-state index < -0.39 is 49.5 Å². The number of aliphatic hydroxyl groups is 5. The van der Waals surface area contributed by atoms with E-state index >= 15 is 0 Å². The summed E-state index contributed by atoms with van der Waals surface area (Å²) in [4.78, 5) is 13.0. The zero-order valence-electron chi connectivity index (χ0n) is 43.2. The average Bonchev–Trinajstić information content (AvgIpc) is 3.32. The molecule has 9 heteroatoms. The van der Waals surface area contributed by atoms with Crippen molar-refractivity contribution in [3.63, 3.8) is 0 Å². The summed E-state index contributed by atoms with van der Waals surface area (Å²) in [6.45, 7) is 3.79. The van der Waals surface area contributed by atoms with Gasteiger partial charge in [-0.25, -0.2) is 0 Å². The number of unbranched alkanes of at least 4 members (excludes halogenated alkanes) is 37. The molecule has 1 rings (SSSR count). The summed E-state index contributed by atoms with van der Waals surface area (Å²) in [7, 11) is 0. The Bertz CT molecular complexity index is 1090. The molecule has 7 atom stereocenters. The molecule has 1 aliphatic rings. The Morgan fingerprint density at radius 3 is 1.27 bits per heavy atom. The lowest BCUT2D eigenvalue weighted by molar-refractivity contribution is -0.302. The molecule has 1 aliphatic heterocycles. The number of amides is 1. The fourth-order valence-corrected chi connectivity index (χ4v) is 9.23. The summed E-state index contributed by atoms with van der Waals surface area (Å²) < 4.78 is 11.3. The van der Waals surface area contributed by atoms with Crippen molar-refractivity contribution >= 4 is 5.91 Å². The van der Waals surface area contributed by atoms with Crippen LogP contribution in [0.4, 0.5) is 0 Å². The SMILES string of the molecule is CCCCCCCCCCCCC/C=C/CC/C=C/C(O)C(COC1OC(CO)C(O)C(O)C1O)NC(=O)CCCCCCCCCCCCCCCCCCCCCCCCCCCC. The van der Waals surface area contributed by atoms with Gasteiger partial charge in [0.25, 0.3) is 0 Å². The topological polar surface area (TPSA) is 149 Å². The highest BCUT2D eigenvalue weighted by molar-refractivity contribution is 5.76. The van der Waals surface area contributed by atoms with Crippen molar-refractivity contribution in [2.24, 2.45) is 0 Å². The number of aliphatic hydroxyl groups excluding tert-OH is 5. The summed E-state index contributed by atoms with van der Waals surface area (Å²) in [6, 6.07) is -0.818. The molecule has 0 aliphatic carbocycles. The van der Waals surface area contributed by atoms with E-state index in [2.05, 4.69) is 31.3 Å². The van der Waals surface area contributed by atoms with Crippen LogP contribution in [0.15, 0.2) is 24.3 Å². The normalized spacial score (nSPS) is 19.9. The van der Waals surface area contributed by atoms with Crippen molar-refractivity contribution in [3.8, 4) is 0 Å². The maximum Gasteiger partial charge on any atom is 0.220 e. The lowest BCUT2D eigenvalue weighted by Crippen LogP contribution is -2.60. The van der Waals surface area contributed by atoms with Gasteiger partial charge in [0.1, 0.15) is 24.4 Å². The van der Waals surface area contributed by atoms with Crippen molar-refractivity contribution in [3.05, 3.63) is 24.3 Å². The standard InChI is InChI=1S/C57H109NO8/c1-3-5-7-9-11-13-15-17-19-21-22-23-24-25-26-27-28-29-31-33-35-37-39-41-43-45-47-53(61)58-50(49-65-57-56(64)55(63)54(62)52(48-59)66-57)51(60)46-44-42-40-38-36-34-32-30-20-18-16-14-12-10-8-6-4-2/h36,38,44,46,50-52,54-57,59-60,62-64H,3-35,37,39-43,45,47-49H2,1-2H3,(H,58,61)/b38-36+,46-44+. The van der Waals surface area contributed by atoms with Gasteiger partial charge < -0.3 is 40.3 Å². The fourth-order valence-electron chi connectivity index (χ4n) is 9.23. The summed E-state index contributed by atoms with van der Waals surface area (Å²) in [5.74, 6) is -0.181. The van der Waals surface area contributed by atoms with Gasteiger partial charge in [0.15, 0.2) is 6.29 Å². The molecule has 0 bridgehead atoms. The maximum atomic E-state index is 13.0. The molecule has 1 saturated heterocycles. The zero-order valence-corrected chi connectivity index (χ0v) is 43.2. The lowest BCUT2D eigenvalue weighted by Gasteiger charge is -2.40. The molecular weight excluding hydrogens is 827 g/mol. The lowest BCUT2D eigenvalue weighted by atomic mass is 9.99. The summed E-state index contributed by atoms with van der Waals surface area (Å²) in [5, 5.41) is 54.4. The predicted octanol–water partition coefficient (Wildman–Crippen LogP) is 13.8. The second-order valence-electron chi connectivity index (χ2n) is 20.1. The second-order valence-corrected chi connectivity index (χ2v) is 20.1. The number of allylic oxidation sites excluding steroid dienone is 3. The minimum absolute atomic E-state index is 0.181. The number of ether oxygens (including phenoxy) is 2. The van der Waals surface area contributed by atoms with E-state index in [0.29, 0.717) is 6.42 Å². The number of hydrogen-bond donors (Lipinski definition) is 6. The maximum absolute atomic E-state index is 13.0. The van der Waals surface area contributed by atoms with Gasteiger partial charge in [-0.15, -0.1) is 0 Å². The van der Waals surface area contributed by atoms with Crippen LogP contribution in [0.25, 0.3) is 0 Å². The highest BCUT2D eigenvalue weighted by Crippen LogP contribution is 2.23. The quantitative estimate of drug-likeness (QED) is 0.0261. The molecule has 6 N–H and O–H groups in total. The first kappa shape index (κ1) is 62.7. The number of carbonyl (C=O) groups excluding carboxylic acids is 1. The van der Waals surface area contributed by atoms with E-state index in [-0.39, 0.29) is 12.5 Å². The molecular formula is C57H109NO8. The van der Waals surface area contributed by atoms with Gasteiger partial charge in [0.05, 0.1) is 25.4 Å². The van der Waals surface area contributed by atoms with Gasteiger partial charge in [-0.3, -0.25) is 4.79 Å². The van der Waals surface area contributed by atoms with E-state index in [1.54, 1.807) is 6.08 Å². The number of hydrogen-bond acceptors (Lipinski definition) is 8. The van der Waals surface area contributed by atoms with Crippen LogP contribution in [-0.2, 0) is 14.3 Å². The first-order valence-corrected chi connectivity index (χ1v) is 28.6. The Kier molecular flexibility index (Phi) is 45.0. The van der Waals surface area contributed by atoms with E-state index in [0.717, 1.165) is 38.5 Å².